The number of alkyl halides is 3. The van der Waals surface area contributed by atoms with E-state index in [2.05, 4.69) is 0 Å². The number of halogens is 4. The summed E-state index contributed by atoms with van der Waals surface area (Å²) in [7, 11) is 0. The van der Waals surface area contributed by atoms with Gasteiger partial charge in [-0.05, 0) is 18.6 Å². The fourth-order valence-electron chi connectivity index (χ4n) is 1.55. The van der Waals surface area contributed by atoms with E-state index in [0.29, 0.717) is 15.5 Å². The highest BCUT2D eigenvalue weighted by Crippen LogP contribution is 2.17. The fraction of sp³-hybridized carbons (Fsp3) is 0.462. The molecule has 0 aliphatic heterocycles. The van der Waals surface area contributed by atoms with Crippen LogP contribution in [0.15, 0.2) is 24.3 Å². The van der Waals surface area contributed by atoms with Gasteiger partial charge < -0.3 is 9.64 Å². The van der Waals surface area contributed by atoms with Crippen LogP contribution in [0, 0.1) is 0 Å². The lowest BCUT2D eigenvalue weighted by molar-refractivity contribution is -0.163. The van der Waals surface area contributed by atoms with Gasteiger partial charge in [0.05, 0.1) is 6.61 Å². The molecule has 1 aromatic carbocycles. The average Bonchev–Trinajstić information content (AvgIpc) is 2.37. The zero-order valence-electron chi connectivity index (χ0n) is 10.9. The zero-order valence-corrected chi connectivity index (χ0v) is 11.7. The lowest BCUT2D eigenvalue weighted by Gasteiger charge is -2.22. The molecule has 0 fully saturated rings. The van der Waals surface area contributed by atoms with E-state index in [4.69, 9.17) is 16.3 Å². The van der Waals surface area contributed by atoms with E-state index >= 15 is 0 Å². The van der Waals surface area contributed by atoms with Gasteiger partial charge in [0, 0.05) is 11.6 Å². The second-order valence-corrected chi connectivity index (χ2v) is 4.51. The molecular formula is C13H15ClF3NO2. The zero-order chi connectivity index (χ0) is 15.2. The minimum absolute atomic E-state index is 0.0200. The topological polar surface area (TPSA) is 29.5 Å². The summed E-state index contributed by atoms with van der Waals surface area (Å²) in [6, 6.07) is 6.90. The van der Waals surface area contributed by atoms with Crippen molar-refractivity contribution in [3.63, 3.8) is 0 Å². The molecule has 3 nitrogen and oxygen atoms in total. The van der Waals surface area contributed by atoms with Crippen molar-refractivity contribution in [3.05, 3.63) is 34.9 Å². The van der Waals surface area contributed by atoms with Crippen LogP contribution < -0.4 is 0 Å². The second kappa shape index (κ2) is 7.50. The van der Waals surface area contributed by atoms with Gasteiger partial charge in [-0.3, -0.25) is 4.79 Å². The smallest absolute Gasteiger partial charge is 0.367 e. The van der Waals surface area contributed by atoms with Crippen LogP contribution in [-0.2, 0) is 16.1 Å². The van der Waals surface area contributed by atoms with E-state index in [0.717, 1.165) is 0 Å². The molecule has 0 radical (unpaired) electrons. The average molecular weight is 310 g/mol. The number of nitrogens with zero attached hydrogens (tertiary/aromatic N) is 1. The van der Waals surface area contributed by atoms with E-state index in [9.17, 15) is 18.0 Å². The number of carbonyl (C=O) groups excluding carboxylic acids is 1. The van der Waals surface area contributed by atoms with E-state index < -0.39 is 25.2 Å². The van der Waals surface area contributed by atoms with Gasteiger partial charge in [-0.15, -0.1) is 0 Å². The first-order valence-electron chi connectivity index (χ1n) is 5.99. The maximum Gasteiger partial charge on any atom is 0.406 e. The minimum Gasteiger partial charge on any atom is -0.367 e. The molecule has 0 saturated carbocycles. The first-order valence-corrected chi connectivity index (χ1v) is 6.37. The molecular weight excluding hydrogens is 295 g/mol. The van der Waals surface area contributed by atoms with E-state index in [1.54, 1.807) is 24.3 Å². The standard InChI is InChI=1S/C13H15ClF3NO2/c1-2-18(9-13(15,16)17)12(19)8-20-7-10-5-3-4-6-11(10)14/h3-6H,2,7-9H2,1H3. The van der Waals surface area contributed by atoms with Crippen molar-refractivity contribution in [2.24, 2.45) is 0 Å². The first kappa shape index (κ1) is 16.8. The number of rotatable bonds is 6. The summed E-state index contributed by atoms with van der Waals surface area (Å²) in [6.45, 7) is -0.132. The van der Waals surface area contributed by atoms with Crippen molar-refractivity contribution in [1.29, 1.82) is 0 Å². The maximum atomic E-state index is 12.2. The summed E-state index contributed by atoms with van der Waals surface area (Å²) in [5.41, 5.74) is 0.681. The Balaban J connectivity index is 2.44. The van der Waals surface area contributed by atoms with Crippen molar-refractivity contribution in [2.45, 2.75) is 19.7 Å². The molecule has 7 heteroatoms. The molecule has 112 valence electrons. The van der Waals surface area contributed by atoms with E-state index in [-0.39, 0.29) is 13.2 Å². The van der Waals surface area contributed by atoms with Gasteiger partial charge in [0.25, 0.3) is 0 Å². The minimum atomic E-state index is -4.41. The summed E-state index contributed by atoms with van der Waals surface area (Å²) in [6.07, 6.45) is -4.41. The summed E-state index contributed by atoms with van der Waals surface area (Å²) >= 11 is 5.89. The Morgan fingerprint density at radius 1 is 1.35 bits per heavy atom. The van der Waals surface area contributed by atoms with Gasteiger partial charge in [-0.1, -0.05) is 29.8 Å². The van der Waals surface area contributed by atoms with Gasteiger partial charge >= 0.3 is 6.18 Å². The summed E-state index contributed by atoms with van der Waals surface area (Å²) in [4.78, 5) is 12.3. The molecule has 0 saturated heterocycles. The molecule has 0 aromatic heterocycles. The second-order valence-electron chi connectivity index (χ2n) is 4.11. The number of hydrogen-bond donors (Lipinski definition) is 0. The van der Waals surface area contributed by atoms with Gasteiger partial charge in [0.15, 0.2) is 0 Å². The van der Waals surface area contributed by atoms with Gasteiger partial charge in [0.1, 0.15) is 13.2 Å². The molecule has 0 N–H and O–H groups in total. The molecule has 0 heterocycles. The Hall–Kier alpha value is -1.27. The van der Waals surface area contributed by atoms with Gasteiger partial charge in [-0.2, -0.15) is 13.2 Å². The third kappa shape index (κ3) is 5.79. The molecule has 0 spiro atoms. The summed E-state index contributed by atoms with van der Waals surface area (Å²) in [5.74, 6) is -0.697. The highest BCUT2D eigenvalue weighted by atomic mass is 35.5. The van der Waals surface area contributed by atoms with Crippen LogP contribution in [0.4, 0.5) is 13.2 Å². The van der Waals surface area contributed by atoms with Crippen LogP contribution in [0.2, 0.25) is 5.02 Å². The Labute approximate surface area is 120 Å². The van der Waals surface area contributed by atoms with Crippen LogP contribution >= 0.6 is 11.6 Å². The fourth-order valence-corrected chi connectivity index (χ4v) is 1.74. The number of likely N-dealkylation sites (N-methyl/N-ethyl adjacent to an activating group) is 1. The Bertz CT molecular complexity index is 451. The van der Waals surface area contributed by atoms with Crippen LogP contribution in [0.1, 0.15) is 12.5 Å². The normalized spacial score (nSPS) is 11.4. The summed E-state index contributed by atoms with van der Waals surface area (Å²) in [5, 5.41) is 0.489. The third-order valence-corrected chi connectivity index (χ3v) is 2.91. The Kier molecular flexibility index (Phi) is 6.29. The molecule has 0 aliphatic carbocycles. The monoisotopic (exact) mass is 309 g/mol. The van der Waals surface area contributed by atoms with Gasteiger partial charge in [-0.25, -0.2) is 0 Å². The third-order valence-electron chi connectivity index (χ3n) is 2.55. The largest absolute Gasteiger partial charge is 0.406 e. The number of benzene rings is 1. The molecule has 1 rings (SSSR count). The number of ether oxygens (including phenoxy) is 1. The predicted molar refractivity (Wildman–Crippen MR) is 69.4 cm³/mol. The first-order chi connectivity index (χ1) is 9.33. The van der Waals surface area contributed by atoms with Gasteiger partial charge in [0.2, 0.25) is 5.91 Å². The van der Waals surface area contributed by atoms with Crippen LogP contribution in [0.3, 0.4) is 0 Å². The van der Waals surface area contributed by atoms with E-state index in [1.165, 1.54) is 6.92 Å². The molecule has 1 amide bonds. The predicted octanol–water partition coefficient (Wildman–Crippen LogP) is 3.27. The Morgan fingerprint density at radius 3 is 2.55 bits per heavy atom. The van der Waals surface area contributed by atoms with E-state index in [1.807, 2.05) is 0 Å². The molecule has 0 atom stereocenters. The van der Waals surface area contributed by atoms with Crippen molar-refractivity contribution in [1.82, 2.24) is 4.90 Å². The van der Waals surface area contributed by atoms with Crippen molar-refractivity contribution in [2.75, 3.05) is 19.7 Å². The number of amides is 1. The molecule has 1 aromatic rings. The molecule has 0 aliphatic rings. The lowest BCUT2D eigenvalue weighted by Crippen LogP contribution is -2.40. The quantitative estimate of drug-likeness (QED) is 0.807. The summed E-state index contributed by atoms with van der Waals surface area (Å²) < 4.78 is 41.8. The van der Waals surface area contributed by atoms with Crippen LogP contribution in [-0.4, -0.2) is 36.7 Å². The highest BCUT2D eigenvalue weighted by Gasteiger charge is 2.32. The van der Waals surface area contributed by atoms with Crippen molar-refractivity contribution < 1.29 is 22.7 Å². The molecule has 0 unspecified atom stereocenters. The lowest BCUT2D eigenvalue weighted by atomic mass is 10.2. The van der Waals surface area contributed by atoms with Crippen LogP contribution in [0.25, 0.3) is 0 Å². The maximum absolute atomic E-state index is 12.2. The number of hydrogen-bond acceptors (Lipinski definition) is 2. The van der Waals surface area contributed by atoms with Crippen LogP contribution in [0.5, 0.6) is 0 Å². The van der Waals surface area contributed by atoms with Crippen molar-refractivity contribution in [3.8, 4) is 0 Å². The SMILES string of the molecule is CCN(CC(F)(F)F)C(=O)COCc1ccccc1Cl. The highest BCUT2D eigenvalue weighted by molar-refractivity contribution is 6.31. The number of carbonyl (C=O) groups is 1. The van der Waals surface area contributed by atoms with Crippen molar-refractivity contribution >= 4 is 17.5 Å². The molecule has 20 heavy (non-hydrogen) atoms. The molecule has 0 bridgehead atoms. The Morgan fingerprint density at radius 2 is 2.00 bits per heavy atom.